The van der Waals surface area contributed by atoms with Gasteiger partial charge in [-0.3, -0.25) is 4.79 Å². The molecule has 1 atom stereocenters. The van der Waals surface area contributed by atoms with E-state index in [1.165, 1.54) is 0 Å². The Balaban J connectivity index is 1.68. The minimum atomic E-state index is 0.0654. The Morgan fingerprint density at radius 2 is 1.92 bits per heavy atom. The third-order valence-electron chi connectivity index (χ3n) is 4.46. The van der Waals surface area contributed by atoms with Crippen molar-refractivity contribution in [1.29, 1.82) is 0 Å². The molecule has 0 spiro atoms. The lowest BCUT2D eigenvalue weighted by atomic mass is 10.1. The van der Waals surface area contributed by atoms with E-state index >= 15 is 0 Å². The van der Waals surface area contributed by atoms with Gasteiger partial charge < -0.3 is 15.0 Å². The summed E-state index contributed by atoms with van der Waals surface area (Å²) in [6.45, 7) is 1.76. The van der Waals surface area contributed by atoms with Crippen LogP contribution in [0.3, 0.4) is 0 Å². The van der Waals surface area contributed by atoms with Crippen molar-refractivity contribution in [2.75, 3.05) is 26.7 Å². The van der Waals surface area contributed by atoms with Gasteiger partial charge in [-0.1, -0.05) is 48.5 Å². The van der Waals surface area contributed by atoms with E-state index in [-0.39, 0.29) is 18.6 Å². The summed E-state index contributed by atoms with van der Waals surface area (Å²) in [5, 5.41) is 3.16. The van der Waals surface area contributed by atoms with Gasteiger partial charge in [0.1, 0.15) is 5.75 Å². The van der Waals surface area contributed by atoms with Gasteiger partial charge in [0.05, 0.1) is 0 Å². The zero-order valence-electron chi connectivity index (χ0n) is 14.1. The van der Waals surface area contributed by atoms with Gasteiger partial charge in [-0.05, 0) is 31.5 Å². The van der Waals surface area contributed by atoms with Crippen LogP contribution in [0.1, 0.15) is 12.8 Å². The highest BCUT2D eigenvalue weighted by Crippen LogP contribution is 2.29. The van der Waals surface area contributed by atoms with Gasteiger partial charge in [-0.2, -0.15) is 0 Å². The molecule has 0 bridgehead atoms. The van der Waals surface area contributed by atoms with Crippen molar-refractivity contribution in [1.82, 2.24) is 10.2 Å². The average Bonchev–Trinajstić information content (AvgIpc) is 3.09. The van der Waals surface area contributed by atoms with Crippen molar-refractivity contribution in [3.05, 3.63) is 54.6 Å². The second-order valence-corrected chi connectivity index (χ2v) is 6.09. The number of para-hydroxylation sites is 1. The number of likely N-dealkylation sites (N-methyl/N-ethyl adjacent to an activating group) is 1. The lowest BCUT2D eigenvalue weighted by Gasteiger charge is -2.24. The molecule has 2 aromatic rings. The third kappa shape index (κ3) is 3.77. The monoisotopic (exact) mass is 324 g/mol. The maximum absolute atomic E-state index is 12.5. The van der Waals surface area contributed by atoms with Crippen molar-refractivity contribution < 1.29 is 9.53 Å². The van der Waals surface area contributed by atoms with Crippen LogP contribution in [0.2, 0.25) is 0 Å². The van der Waals surface area contributed by atoms with E-state index in [0.29, 0.717) is 0 Å². The number of hydrogen-bond donors (Lipinski definition) is 1. The molecule has 1 fully saturated rings. The number of nitrogens with zero attached hydrogens (tertiary/aromatic N) is 1. The fourth-order valence-electron chi connectivity index (χ4n) is 3.28. The minimum absolute atomic E-state index is 0.0654. The van der Waals surface area contributed by atoms with E-state index in [1.54, 1.807) is 0 Å². The summed E-state index contributed by atoms with van der Waals surface area (Å²) in [6.07, 6.45) is 2.13. The largest absolute Gasteiger partial charge is 0.483 e. The van der Waals surface area contributed by atoms with Gasteiger partial charge in [0.25, 0.3) is 5.91 Å². The number of ether oxygens (including phenoxy) is 1. The van der Waals surface area contributed by atoms with Crippen molar-refractivity contribution in [2.45, 2.75) is 18.9 Å². The van der Waals surface area contributed by atoms with Crippen LogP contribution in [0, 0.1) is 0 Å². The number of carbonyl (C=O) groups is 1. The second-order valence-electron chi connectivity index (χ2n) is 6.09. The van der Waals surface area contributed by atoms with Crippen LogP contribution >= 0.6 is 0 Å². The van der Waals surface area contributed by atoms with E-state index in [2.05, 4.69) is 5.32 Å². The number of rotatable bonds is 6. The first-order chi connectivity index (χ1) is 11.8. The normalized spacial score (nSPS) is 17.0. The maximum atomic E-state index is 12.5. The number of benzene rings is 2. The highest BCUT2D eigenvalue weighted by atomic mass is 16.5. The lowest BCUT2D eigenvalue weighted by Crippen LogP contribution is -2.43. The Morgan fingerprint density at radius 3 is 2.71 bits per heavy atom. The molecule has 1 aliphatic rings. The summed E-state index contributed by atoms with van der Waals surface area (Å²) in [5.74, 6) is 0.817. The van der Waals surface area contributed by atoms with Crippen molar-refractivity contribution in [3.8, 4) is 16.9 Å². The Bertz CT molecular complexity index is 672. The summed E-state index contributed by atoms with van der Waals surface area (Å²) >= 11 is 0. The molecule has 1 aliphatic heterocycles. The molecule has 1 amide bonds. The maximum Gasteiger partial charge on any atom is 0.260 e. The lowest BCUT2D eigenvalue weighted by molar-refractivity contribution is -0.134. The van der Waals surface area contributed by atoms with Crippen LogP contribution in [0.15, 0.2) is 54.6 Å². The molecule has 0 aliphatic carbocycles. The fraction of sp³-hybridized carbons (Fsp3) is 0.350. The zero-order chi connectivity index (χ0) is 16.8. The topological polar surface area (TPSA) is 41.6 Å². The van der Waals surface area contributed by atoms with Gasteiger partial charge >= 0.3 is 0 Å². The standard InChI is InChI=1S/C20H24N2O2/c1-21-14-17-10-7-13-22(17)20(23)15-24-19-12-6-5-11-18(19)16-8-3-2-4-9-16/h2-6,8-9,11-12,17,21H,7,10,13-15H2,1H3. The predicted molar refractivity (Wildman–Crippen MR) is 96.0 cm³/mol. The van der Waals surface area contributed by atoms with E-state index in [1.807, 2.05) is 66.5 Å². The molecule has 126 valence electrons. The predicted octanol–water partition coefficient (Wildman–Crippen LogP) is 2.94. The summed E-state index contributed by atoms with van der Waals surface area (Å²) in [6, 6.07) is 18.3. The van der Waals surface area contributed by atoms with Crippen LogP contribution in [-0.2, 0) is 4.79 Å². The molecule has 24 heavy (non-hydrogen) atoms. The number of likely N-dealkylation sites (tertiary alicyclic amines) is 1. The molecule has 1 heterocycles. The Kier molecular flexibility index (Phi) is 5.49. The molecule has 0 aromatic heterocycles. The second kappa shape index (κ2) is 7.97. The number of amides is 1. The van der Waals surface area contributed by atoms with Crippen molar-refractivity contribution in [2.24, 2.45) is 0 Å². The highest BCUT2D eigenvalue weighted by Gasteiger charge is 2.28. The SMILES string of the molecule is CNCC1CCCN1C(=O)COc1ccccc1-c1ccccc1. The molecular formula is C20H24N2O2. The molecule has 2 aromatic carbocycles. The summed E-state index contributed by atoms with van der Waals surface area (Å²) in [4.78, 5) is 14.5. The van der Waals surface area contributed by atoms with E-state index in [0.717, 1.165) is 42.8 Å². The fourth-order valence-corrected chi connectivity index (χ4v) is 3.28. The summed E-state index contributed by atoms with van der Waals surface area (Å²) in [5.41, 5.74) is 2.11. The Hall–Kier alpha value is -2.33. The molecule has 1 saturated heterocycles. The van der Waals surface area contributed by atoms with Crippen LogP contribution in [-0.4, -0.2) is 43.6 Å². The van der Waals surface area contributed by atoms with Crippen LogP contribution in [0.4, 0.5) is 0 Å². The number of nitrogens with one attached hydrogen (secondary N) is 1. The Morgan fingerprint density at radius 1 is 1.17 bits per heavy atom. The van der Waals surface area contributed by atoms with E-state index in [4.69, 9.17) is 4.74 Å². The molecule has 1 N–H and O–H groups in total. The van der Waals surface area contributed by atoms with Crippen molar-refractivity contribution in [3.63, 3.8) is 0 Å². The Labute approximate surface area is 143 Å². The first-order valence-corrected chi connectivity index (χ1v) is 8.51. The van der Waals surface area contributed by atoms with E-state index < -0.39 is 0 Å². The molecule has 4 heteroatoms. The van der Waals surface area contributed by atoms with Gasteiger partial charge in [-0.25, -0.2) is 0 Å². The van der Waals surface area contributed by atoms with E-state index in [9.17, 15) is 4.79 Å². The highest BCUT2D eigenvalue weighted by molar-refractivity contribution is 5.79. The van der Waals surface area contributed by atoms with Crippen molar-refractivity contribution >= 4 is 5.91 Å². The quantitative estimate of drug-likeness (QED) is 0.888. The summed E-state index contributed by atoms with van der Waals surface area (Å²) < 4.78 is 5.88. The van der Waals surface area contributed by atoms with Gasteiger partial charge in [0.2, 0.25) is 0 Å². The molecule has 3 rings (SSSR count). The van der Waals surface area contributed by atoms with Gasteiger partial charge in [-0.15, -0.1) is 0 Å². The average molecular weight is 324 g/mol. The van der Waals surface area contributed by atoms with Gasteiger partial charge in [0.15, 0.2) is 6.61 Å². The number of hydrogen-bond acceptors (Lipinski definition) is 3. The van der Waals surface area contributed by atoms with Crippen LogP contribution < -0.4 is 10.1 Å². The zero-order valence-corrected chi connectivity index (χ0v) is 14.1. The first kappa shape index (κ1) is 16.5. The molecular weight excluding hydrogens is 300 g/mol. The minimum Gasteiger partial charge on any atom is -0.483 e. The molecule has 1 unspecified atom stereocenters. The first-order valence-electron chi connectivity index (χ1n) is 8.51. The molecule has 0 radical (unpaired) electrons. The van der Waals surface area contributed by atoms with Crippen LogP contribution in [0.25, 0.3) is 11.1 Å². The molecule has 0 saturated carbocycles. The van der Waals surface area contributed by atoms with Gasteiger partial charge in [0, 0.05) is 24.7 Å². The number of carbonyl (C=O) groups excluding carboxylic acids is 1. The van der Waals surface area contributed by atoms with Crippen LogP contribution in [0.5, 0.6) is 5.75 Å². The molecule has 4 nitrogen and oxygen atoms in total. The summed E-state index contributed by atoms with van der Waals surface area (Å²) in [7, 11) is 1.92. The smallest absolute Gasteiger partial charge is 0.260 e. The third-order valence-corrected chi connectivity index (χ3v) is 4.46.